The van der Waals surface area contributed by atoms with Crippen molar-refractivity contribution < 1.29 is 23.2 Å². The van der Waals surface area contributed by atoms with Crippen LogP contribution in [0.25, 0.3) is 17.5 Å². The van der Waals surface area contributed by atoms with E-state index in [-0.39, 0.29) is 11.9 Å². The first-order valence-corrected chi connectivity index (χ1v) is 7.28. The van der Waals surface area contributed by atoms with Crippen LogP contribution in [0.4, 0.5) is 6.01 Å². The summed E-state index contributed by atoms with van der Waals surface area (Å²) in [6, 6.07) is 12.4. The number of amides is 1. The van der Waals surface area contributed by atoms with Crippen LogP contribution in [-0.4, -0.2) is 28.7 Å². The Morgan fingerprint density at radius 2 is 1.96 bits per heavy atom. The van der Waals surface area contributed by atoms with Crippen molar-refractivity contribution >= 4 is 24.0 Å². The number of furan rings is 1. The predicted octanol–water partition coefficient (Wildman–Crippen LogP) is 2.52. The molecule has 1 amide bonds. The summed E-state index contributed by atoms with van der Waals surface area (Å²) in [7, 11) is 0. The van der Waals surface area contributed by atoms with Crippen molar-refractivity contribution in [2.45, 2.75) is 0 Å². The van der Waals surface area contributed by atoms with E-state index in [1.54, 1.807) is 24.3 Å². The summed E-state index contributed by atoms with van der Waals surface area (Å²) in [5.74, 6) is -0.500. The monoisotopic (exact) mass is 339 g/mol. The molecule has 0 saturated carbocycles. The van der Waals surface area contributed by atoms with Crippen molar-refractivity contribution in [1.82, 2.24) is 10.2 Å². The molecule has 3 rings (SSSR count). The Bertz CT molecular complexity index is 869. The summed E-state index contributed by atoms with van der Waals surface area (Å²) in [4.78, 5) is 23.2. The molecule has 8 nitrogen and oxygen atoms in total. The van der Waals surface area contributed by atoms with Crippen LogP contribution in [0.5, 0.6) is 0 Å². The third kappa shape index (κ3) is 4.64. The van der Waals surface area contributed by atoms with E-state index in [1.165, 1.54) is 12.3 Å². The molecule has 0 fully saturated rings. The van der Waals surface area contributed by atoms with Gasteiger partial charge < -0.3 is 13.6 Å². The molecule has 126 valence electrons. The molecule has 0 radical (unpaired) electrons. The van der Waals surface area contributed by atoms with Crippen molar-refractivity contribution in [3.8, 4) is 11.5 Å². The first-order chi connectivity index (χ1) is 12.2. The Kier molecular flexibility index (Phi) is 5.01. The molecule has 0 aliphatic carbocycles. The number of hydrogen-bond donors (Lipinski definition) is 1. The first-order valence-electron chi connectivity index (χ1n) is 7.28. The van der Waals surface area contributed by atoms with Gasteiger partial charge in [0.1, 0.15) is 5.76 Å². The van der Waals surface area contributed by atoms with E-state index in [4.69, 9.17) is 13.6 Å². The van der Waals surface area contributed by atoms with Crippen LogP contribution >= 0.6 is 0 Å². The van der Waals surface area contributed by atoms with Crippen LogP contribution in [0.15, 0.2) is 63.6 Å². The normalized spacial score (nSPS) is 10.7. The van der Waals surface area contributed by atoms with Gasteiger partial charge in [-0.1, -0.05) is 23.3 Å². The molecule has 3 aromatic rings. The molecule has 0 aliphatic rings. The number of ether oxygens (including phenoxy) is 1. The van der Waals surface area contributed by atoms with E-state index in [0.29, 0.717) is 5.76 Å². The van der Waals surface area contributed by atoms with Gasteiger partial charge in [0, 0.05) is 11.6 Å². The van der Waals surface area contributed by atoms with Gasteiger partial charge in [-0.05, 0) is 30.3 Å². The molecule has 0 aliphatic heterocycles. The third-order valence-electron chi connectivity index (χ3n) is 2.96. The molecule has 0 bridgehead atoms. The Morgan fingerprint density at radius 1 is 1.12 bits per heavy atom. The van der Waals surface area contributed by atoms with E-state index in [2.05, 4.69) is 15.5 Å². The van der Waals surface area contributed by atoms with Crippen molar-refractivity contribution in [2.24, 2.45) is 0 Å². The van der Waals surface area contributed by atoms with E-state index in [0.717, 1.165) is 11.6 Å². The molecule has 1 aromatic carbocycles. The second-order valence-corrected chi connectivity index (χ2v) is 4.78. The Morgan fingerprint density at radius 3 is 2.72 bits per heavy atom. The molecule has 0 spiro atoms. The number of benzene rings is 1. The lowest BCUT2D eigenvalue weighted by Gasteiger charge is -2.01. The van der Waals surface area contributed by atoms with Crippen molar-refractivity contribution in [3.63, 3.8) is 0 Å². The number of nitrogens with zero attached hydrogens (tertiary/aromatic N) is 2. The highest BCUT2D eigenvalue weighted by Crippen LogP contribution is 2.18. The second kappa shape index (κ2) is 7.73. The van der Waals surface area contributed by atoms with Crippen LogP contribution in [0.2, 0.25) is 0 Å². The summed E-state index contributed by atoms with van der Waals surface area (Å²) in [6.07, 6.45) is 4.07. The SMILES string of the molecule is O=C(COC(=O)/C=C/c1ccco1)Nc1nnc(-c2ccccc2)o1. The van der Waals surface area contributed by atoms with Gasteiger partial charge in [0.25, 0.3) is 5.91 Å². The molecule has 0 unspecified atom stereocenters. The topological polar surface area (TPSA) is 107 Å². The van der Waals surface area contributed by atoms with Gasteiger partial charge in [-0.2, -0.15) is 0 Å². The quantitative estimate of drug-likeness (QED) is 0.543. The summed E-state index contributed by atoms with van der Waals surface area (Å²) in [6.45, 7) is -0.482. The highest BCUT2D eigenvalue weighted by atomic mass is 16.5. The molecule has 25 heavy (non-hydrogen) atoms. The van der Waals surface area contributed by atoms with Crippen LogP contribution in [0.3, 0.4) is 0 Å². The third-order valence-corrected chi connectivity index (χ3v) is 2.96. The number of carbonyl (C=O) groups is 2. The molecule has 2 aromatic heterocycles. The number of nitrogens with one attached hydrogen (secondary N) is 1. The number of anilines is 1. The van der Waals surface area contributed by atoms with Gasteiger partial charge in [0.2, 0.25) is 5.89 Å². The van der Waals surface area contributed by atoms with Crippen molar-refractivity contribution in [1.29, 1.82) is 0 Å². The Balaban J connectivity index is 1.48. The molecule has 0 atom stereocenters. The maximum absolute atomic E-state index is 11.7. The number of aromatic nitrogens is 2. The van der Waals surface area contributed by atoms with Crippen molar-refractivity contribution in [2.75, 3.05) is 11.9 Å². The standard InChI is InChI=1S/C17H13N3O5/c21-14(11-24-15(22)9-8-13-7-4-10-23-13)18-17-20-19-16(25-17)12-5-2-1-3-6-12/h1-10H,11H2,(H,18,20,21)/b9-8+. The number of rotatable bonds is 6. The molecule has 0 saturated heterocycles. The summed E-state index contributed by atoms with van der Waals surface area (Å²) in [5, 5.41) is 9.90. The maximum Gasteiger partial charge on any atom is 0.331 e. The van der Waals surface area contributed by atoms with Gasteiger partial charge in [-0.3, -0.25) is 10.1 Å². The number of hydrogen-bond acceptors (Lipinski definition) is 7. The lowest BCUT2D eigenvalue weighted by Crippen LogP contribution is -2.20. The van der Waals surface area contributed by atoms with E-state index >= 15 is 0 Å². The highest BCUT2D eigenvalue weighted by Gasteiger charge is 2.12. The number of carbonyl (C=O) groups excluding carboxylic acids is 2. The van der Waals surface area contributed by atoms with Crippen LogP contribution in [0.1, 0.15) is 5.76 Å². The predicted molar refractivity (Wildman–Crippen MR) is 87.1 cm³/mol. The zero-order chi connectivity index (χ0) is 17.5. The van der Waals surface area contributed by atoms with Gasteiger partial charge in [-0.15, -0.1) is 5.10 Å². The van der Waals surface area contributed by atoms with Crippen LogP contribution in [-0.2, 0) is 14.3 Å². The fourth-order valence-corrected chi connectivity index (χ4v) is 1.85. The molecule has 2 heterocycles. The minimum Gasteiger partial charge on any atom is -0.465 e. The minimum absolute atomic E-state index is 0.0778. The van der Waals surface area contributed by atoms with Gasteiger partial charge in [0.05, 0.1) is 6.26 Å². The zero-order valence-electron chi connectivity index (χ0n) is 12.9. The van der Waals surface area contributed by atoms with Gasteiger partial charge in [-0.25, -0.2) is 4.79 Å². The summed E-state index contributed by atoms with van der Waals surface area (Å²) in [5.41, 5.74) is 0.727. The van der Waals surface area contributed by atoms with Crippen LogP contribution in [0, 0.1) is 0 Å². The highest BCUT2D eigenvalue weighted by molar-refractivity contribution is 5.93. The molecular weight excluding hydrogens is 326 g/mol. The summed E-state index contributed by atoms with van der Waals surface area (Å²) < 4.78 is 15.1. The average molecular weight is 339 g/mol. The van der Waals surface area contributed by atoms with Crippen molar-refractivity contribution in [3.05, 3.63) is 60.6 Å². The van der Waals surface area contributed by atoms with E-state index in [1.807, 2.05) is 18.2 Å². The largest absolute Gasteiger partial charge is 0.465 e. The minimum atomic E-state index is -0.679. The van der Waals surface area contributed by atoms with Crippen LogP contribution < -0.4 is 5.32 Å². The zero-order valence-corrected chi connectivity index (χ0v) is 12.9. The molecule has 8 heteroatoms. The van der Waals surface area contributed by atoms with Gasteiger partial charge >= 0.3 is 12.0 Å². The Hall–Kier alpha value is -3.68. The fraction of sp³-hybridized carbons (Fsp3) is 0.0588. The smallest absolute Gasteiger partial charge is 0.331 e. The average Bonchev–Trinajstić information content (AvgIpc) is 3.31. The lowest BCUT2D eigenvalue weighted by atomic mass is 10.2. The first kappa shape index (κ1) is 16.2. The molecule has 1 N–H and O–H groups in total. The fourth-order valence-electron chi connectivity index (χ4n) is 1.85. The summed E-state index contributed by atoms with van der Waals surface area (Å²) >= 11 is 0. The van der Waals surface area contributed by atoms with E-state index in [9.17, 15) is 9.59 Å². The maximum atomic E-state index is 11.7. The number of esters is 1. The Labute approximate surface area is 142 Å². The van der Waals surface area contributed by atoms with Gasteiger partial charge in [0.15, 0.2) is 6.61 Å². The lowest BCUT2D eigenvalue weighted by molar-refractivity contribution is -0.142. The molecular formula is C17H13N3O5. The van der Waals surface area contributed by atoms with E-state index < -0.39 is 18.5 Å². The second-order valence-electron chi connectivity index (χ2n) is 4.78.